The van der Waals surface area contributed by atoms with E-state index in [9.17, 15) is 4.79 Å². The fourth-order valence-electron chi connectivity index (χ4n) is 2.52. The van der Waals surface area contributed by atoms with E-state index in [0.29, 0.717) is 12.4 Å². The number of methoxy groups -OCH3 is 1. The first-order valence-electron chi connectivity index (χ1n) is 7.76. The van der Waals surface area contributed by atoms with E-state index in [1.54, 1.807) is 18.8 Å². The largest absolute Gasteiger partial charge is 0.497 e. The zero-order chi connectivity index (χ0) is 17.7. The fraction of sp³-hybridized carbons (Fsp3) is 0.412. The molecule has 0 aliphatic heterocycles. The number of rotatable bonds is 6. The maximum Gasteiger partial charge on any atom is 0.320 e. The Labute approximate surface area is 142 Å². The Morgan fingerprint density at radius 3 is 2.71 bits per heavy atom. The molecule has 2 N–H and O–H groups in total. The molecule has 0 saturated heterocycles. The van der Waals surface area contributed by atoms with Gasteiger partial charge < -0.3 is 15.0 Å². The summed E-state index contributed by atoms with van der Waals surface area (Å²) in [4.78, 5) is 14.2. The number of carbonyl (C=O) groups is 1. The lowest BCUT2D eigenvalue weighted by atomic mass is 10.1. The lowest BCUT2D eigenvalue weighted by Crippen LogP contribution is -2.37. The number of aromatic nitrogens is 2. The van der Waals surface area contributed by atoms with E-state index < -0.39 is 0 Å². The number of hydrogen-bond donors (Lipinski definition) is 2. The lowest BCUT2D eigenvalue weighted by molar-refractivity contribution is 0.243. The van der Waals surface area contributed by atoms with Gasteiger partial charge in [0.25, 0.3) is 0 Å². The summed E-state index contributed by atoms with van der Waals surface area (Å²) in [6, 6.07) is 9.47. The molecule has 0 aliphatic carbocycles. The maximum absolute atomic E-state index is 12.1. The van der Waals surface area contributed by atoms with E-state index in [1.165, 1.54) is 0 Å². The molecular formula is C17H25N5O2. The van der Waals surface area contributed by atoms with Crippen molar-refractivity contribution in [3.63, 3.8) is 0 Å². The van der Waals surface area contributed by atoms with Crippen molar-refractivity contribution < 1.29 is 9.53 Å². The van der Waals surface area contributed by atoms with Gasteiger partial charge in [-0.25, -0.2) is 4.79 Å². The molecule has 7 nitrogen and oxygen atoms in total. The fourth-order valence-corrected chi connectivity index (χ4v) is 2.52. The number of likely N-dealkylation sites (N-methyl/N-ethyl adjacent to an activating group) is 1. The smallest absolute Gasteiger partial charge is 0.320 e. The predicted octanol–water partition coefficient (Wildman–Crippen LogP) is 2.16. The van der Waals surface area contributed by atoms with Gasteiger partial charge in [-0.2, -0.15) is 5.10 Å². The number of hydrogen-bond acceptors (Lipinski definition) is 4. The first kappa shape index (κ1) is 17.8. The standard InChI is InChI=1S/C17H25N5O2/c1-12-9-16(22(4)20-12)19-17(23)18-11-15(21(2)3)13-7-6-8-14(10-13)24-5/h6-10,15H,11H2,1-5H3,(H2,18,19,23). The summed E-state index contributed by atoms with van der Waals surface area (Å²) in [5.74, 6) is 1.46. The highest BCUT2D eigenvalue weighted by Crippen LogP contribution is 2.22. The van der Waals surface area contributed by atoms with Crippen LogP contribution in [0.25, 0.3) is 0 Å². The minimum atomic E-state index is -0.257. The van der Waals surface area contributed by atoms with Crippen molar-refractivity contribution in [1.29, 1.82) is 0 Å². The number of nitrogens with one attached hydrogen (secondary N) is 2. The minimum Gasteiger partial charge on any atom is -0.497 e. The van der Waals surface area contributed by atoms with Gasteiger partial charge >= 0.3 is 6.03 Å². The van der Waals surface area contributed by atoms with Gasteiger partial charge in [0.15, 0.2) is 0 Å². The summed E-state index contributed by atoms with van der Waals surface area (Å²) in [5.41, 5.74) is 1.94. The summed E-state index contributed by atoms with van der Waals surface area (Å²) >= 11 is 0. The Hall–Kier alpha value is -2.54. The van der Waals surface area contributed by atoms with Crippen LogP contribution in [-0.4, -0.2) is 48.5 Å². The van der Waals surface area contributed by atoms with Gasteiger partial charge in [-0.05, 0) is 38.7 Å². The van der Waals surface area contributed by atoms with E-state index in [1.807, 2.05) is 51.4 Å². The third-order valence-electron chi connectivity index (χ3n) is 3.80. The van der Waals surface area contributed by atoms with Crippen LogP contribution in [0.3, 0.4) is 0 Å². The number of urea groups is 1. The average Bonchev–Trinajstić information content (AvgIpc) is 2.85. The molecule has 1 aromatic heterocycles. The minimum absolute atomic E-state index is 0.0409. The molecule has 130 valence electrons. The summed E-state index contributed by atoms with van der Waals surface area (Å²) in [7, 11) is 7.40. The van der Waals surface area contributed by atoms with E-state index in [0.717, 1.165) is 17.0 Å². The van der Waals surface area contributed by atoms with Crippen LogP contribution in [0.2, 0.25) is 0 Å². The molecule has 0 fully saturated rings. The third kappa shape index (κ3) is 4.48. The molecule has 0 aliphatic rings. The molecule has 0 saturated carbocycles. The van der Waals surface area contributed by atoms with Gasteiger partial charge in [0.1, 0.15) is 11.6 Å². The number of nitrogens with zero attached hydrogens (tertiary/aromatic N) is 3. The predicted molar refractivity (Wildman–Crippen MR) is 94.4 cm³/mol. The van der Waals surface area contributed by atoms with Crippen molar-refractivity contribution in [2.45, 2.75) is 13.0 Å². The van der Waals surface area contributed by atoms with E-state index in [-0.39, 0.29) is 12.1 Å². The molecule has 24 heavy (non-hydrogen) atoms. The molecule has 1 aromatic carbocycles. The maximum atomic E-state index is 12.1. The van der Waals surface area contributed by atoms with Gasteiger partial charge in [0, 0.05) is 19.7 Å². The highest BCUT2D eigenvalue weighted by atomic mass is 16.5. The number of aryl methyl sites for hydroxylation is 2. The molecule has 2 rings (SSSR count). The number of carbonyl (C=O) groups excluding carboxylic acids is 1. The first-order chi connectivity index (χ1) is 11.4. The Morgan fingerprint density at radius 2 is 2.12 bits per heavy atom. The van der Waals surface area contributed by atoms with E-state index >= 15 is 0 Å². The van der Waals surface area contributed by atoms with Crippen LogP contribution in [-0.2, 0) is 7.05 Å². The summed E-state index contributed by atoms with van der Waals surface area (Å²) in [6.07, 6.45) is 0. The second-order valence-corrected chi connectivity index (χ2v) is 5.89. The molecule has 2 aromatic rings. The number of ether oxygens (including phenoxy) is 1. The van der Waals surface area contributed by atoms with Gasteiger partial charge in [-0.1, -0.05) is 12.1 Å². The van der Waals surface area contributed by atoms with Crippen LogP contribution in [0.1, 0.15) is 17.3 Å². The summed E-state index contributed by atoms with van der Waals surface area (Å²) in [5, 5.41) is 9.92. The Balaban J connectivity index is 2.00. The van der Waals surface area contributed by atoms with Crippen molar-refractivity contribution in [3.05, 3.63) is 41.6 Å². The number of benzene rings is 1. The third-order valence-corrected chi connectivity index (χ3v) is 3.80. The van der Waals surface area contributed by atoms with E-state index in [4.69, 9.17) is 4.74 Å². The average molecular weight is 331 g/mol. The SMILES string of the molecule is COc1cccc(C(CNC(=O)Nc2cc(C)nn2C)N(C)C)c1. The second-order valence-electron chi connectivity index (χ2n) is 5.89. The van der Waals surface area contributed by atoms with Crippen LogP contribution in [0, 0.1) is 6.92 Å². The van der Waals surface area contributed by atoms with E-state index in [2.05, 4.69) is 20.6 Å². The number of amides is 2. The first-order valence-corrected chi connectivity index (χ1v) is 7.76. The lowest BCUT2D eigenvalue weighted by Gasteiger charge is -2.25. The second kappa shape index (κ2) is 7.83. The Bertz CT molecular complexity index is 696. The van der Waals surface area contributed by atoms with Gasteiger partial charge in [-0.3, -0.25) is 10.00 Å². The molecule has 7 heteroatoms. The highest BCUT2D eigenvalue weighted by Gasteiger charge is 2.16. The van der Waals surface area contributed by atoms with Crippen LogP contribution < -0.4 is 15.4 Å². The Kier molecular flexibility index (Phi) is 5.81. The summed E-state index contributed by atoms with van der Waals surface area (Å²) < 4.78 is 6.92. The number of anilines is 1. The van der Waals surface area contributed by atoms with Crippen molar-refractivity contribution in [2.75, 3.05) is 33.1 Å². The normalized spacial score (nSPS) is 12.1. The van der Waals surface area contributed by atoms with Gasteiger partial charge in [-0.15, -0.1) is 0 Å². The highest BCUT2D eigenvalue weighted by molar-refractivity contribution is 5.88. The van der Waals surface area contributed by atoms with Crippen molar-refractivity contribution in [2.24, 2.45) is 7.05 Å². The van der Waals surface area contributed by atoms with Crippen LogP contribution in [0.4, 0.5) is 10.6 Å². The molecule has 1 heterocycles. The molecule has 1 atom stereocenters. The van der Waals surface area contributed by atoms with Crippen molar-refractivity contribution in [3.8, 4) is 5.75 Å². The van der Waals surface area contributed by atoms with Crippen LogP contribution in [0.15, 0.2) is 30.3 Å². The quantitative estimate of drug-likeness (QED) is 0.851. The van der Waals surface area contributed by atoms with Crippen molar-refractivity contribution in [1.82, 2.24) is 20.0 Å². The van der Waals surface area contributed by atoms with Crippen molar-refractivity contribution >= 4 is 11.8 Å². The molecule has 0 spiro atoms. The molecule has 2 amide bonds. The molecular weight excluding hydrogens is 306 g/mol. The molecule has 0 bridgehead atoms. The summed E-state index contributed by atoms with van der Waals surface area (Å²) in [6.45, 7) is 2.36. The topological polar surface area (TPSA) is 71.4 Å². The Morgan fingerprint density at radius 1 is 1.38 bits per heavy atom. The van der Waals surface area contributed by atoms with Gasteiger partial charge in [0.2, 0.25) is 0 Å². The van der Waals surface area contributed by atoms with Gasteiger partial charge in [0.05, 0.1) is 18.8 Å². The molecule has 1 unspecified atom stereocenters. The van der Waals surface area contributed by atoms with Crippen LogP contribution >= 0.6 is 0 Å². The molecule has 0 radical (unpaired) electrons. The zero-order valence-corrected chi connectivity index (χ0v) is 14.8. The monoisotopic (exact) mass is 331 g/mol. The zero-order valence-electron chi connectivity index (χ0n) is 14.8. The van der Waals surface area contributed by atoms with Crippen LogP contribution in [0.5, 0.6) is 5.75 Å².